The molecule has 4 heteroatoms. The van der Waals surface area contributed by atoms with Crippen LogP contribution in [0.3, 0.4) is 0 Å². The second-order valence-corrected chi connectivity index (χ2v) is 4.36. The van der Waals surface area contributed by atoms with Gasteiger partial charge in [-0.1, -0.05) is 11.6 Å². The lowest BCUT2D eigenvalue weighted by Gasteiger charge is -2.14. The van der Waals surface area contributed by atoms with Gasteiger partial charge >= 0.3 is 0 Å². The van der Waals surface area contributed by atoms with E-state index < -0.39 is 0 Å². The summed E-state index contributed by atoms with van der Waals surface area (Å²) in [5.41, 5.74) is 2.26. The van der Waals surface area contributed by atoms with Gasteiger partial charge in [0.2, 0.25) is 5.75 Å². The van der Waals surface area contributed by atoms with E-state index in [4.69, 9.17) is 14.2 Å². The summed E-state index contributed by atoms with van der Waals surface area (Å²) in [5, 5.41) is 3.21. The molecule has 0 fully saturated rings. The van der Waals surface area contributed by atoms with Gasteiger partial charge in [0.05, 0.1) is 21.3 Å². The zero-order valence-corrected chi connectivity index (χ0v) is 12.5. The highest BCUT2D eigenvalue weighted by molar-refractivity contribution is 5.63. The minimum absolute atomic E-state index is 0.319. The molecule has 0 heterocycles. The van der Waals surface area contributed by atoms with Crippen molar-refractivity contribution >= 4 is 6.08 Å². The zero-order chi connectivity index (χ0) is 14.4. The van der Waals surface area contributed by atoms with Gasteiger partial charge in [-0.05, 0) is 38.6 Å². The van der Waals surface area contributed by atoms with Crippen molar-refractivity contribution in [3.05, 3.63) is 23.3 Å². The highest BCUT2D eigenvalue weighted by Gasteiger charge is 2.12. The quantitative estimate of drug-likeness (QED) is 0.858. The molecule has 0 saturated carbocycles. The molecular formula is C15H23NO3. The minimum atomic E-state index is 0.319. The largest absolute Gasteiger partial charge is 0.493 e. The van der Waals surface area contributed by atoms with E-state index in [1.165, 1.54) is 5.57 Å². The van der Waals surface area contributed by atoms with Gasteiger partial charge in [0.1, 0.15) is 0 Å². The Bertz CT molecular complexity index is 430. The third-order valence-corrected chi connectivity index (χ3v) is 3.20. The van der Waals surface area contributed by atoms with Crippen LogP contribution in [0, 0.1) is 0 Å². The van der Waals surface area contributed by atoms with Crippen LogP contribution in [-0.2, 0) is 0 Å². The zero-order valence-electron chi connectivity index (χ0n) is 12.5. The van der Waals surface area contributed by atoms with Crippen LogP contribution in [0.2, 0.25) is 0 Å². The second kappa shape index (κ2) is 7.04. The Hall–Kier alpha value is -1.68. The first kappa shape index (κ1) is 15.4. The van der Waals surface area contributed by atoms with Crippen LogP contribution in [0.5, 0.6) is 17.2 Å². The standard InChI is InChI=1S/C15H23NO3/c1-10(11(2)16-3)7-12-8-13(17-4)15(19-6)14(9-12)18-5/h7-9,11,16H,1-6H3/b10-7+. The van der Waals surface area contributed by atoms with Gasteiger partial charge in [-0.15, -0.1) is 0 Å². The van der Waals surface area contributed by atoms with Crippen molar-refractivity contribution in [2.75, 3.05) is 28.4 Å². The lowest BCUT2D eigenvalue weighted by Crippen LogP contribution is -2.21. The molecule has 1 aromatic rings. The van der Waals surface area contributed by atoms with Crippen LogP contribution in [0.4, 0.5) is 0 Å². The average molecular weight is 265 g/mol. The fourth-order valence-corrected chi connectivity index (χ4v) is 1.80. The molecule has 0 aliphatic carbocycles. The maximum absolute atomic E-state index is 5.34. The number of nitrogens with one attached hydrogen (secondary N) is 1. The molecule has 0 aromatic heterocycles. The molecule has 4 nitrogen and oxygen atoms in total. The Balaban J connectivity index is 3.23. The molecule has 19 heavy (non-hydrogen) atoms. The Kier molecular flexibility index (Phi) is 5.70. The van der Waals surface area contributed by atoms with Crippen LogP contribution >= 0.6 is 0 Å². The summed E-state index contributed by atoms with van der Waals surface area (Å²) >= 11 is 0. The monoisotopic (exact) mass is 265 g/mol. The normalized spacial score (nSPS) is 13.1. The summed E-state index contributed by atoms with van der Waals surface area (Å²) in [6.07, 6.45) is 2.10. The Morgan fingerprint density at radius 2 is 1.63 bits per heavy atom. The molecule has 0 amide bonds. The number of hydrogen-bond acceptors (Lipinski definition) is 4. The Morgan fingerprint density at radius 1 is 1.11 bits per heavy atom. The Labute approximate surface area is 115 Å². The fourth-order valence-electron chi connectivity index (χ4n) is 1.80. The van der Waals surface area contributed by atoms with Crippen molar-refractivity contribution in [1.29, 1.82) is 0 Å². The molecule has 106 valence electrons. The van der Waals surface area contributed by atoms with Crippen molar-refractivity contribution in [3.8, 4) is 17.2 Å². The molecule has 0 bridgehead atoms. The number of hydrogen-bond donors (Lipinski definition) is 1. The highest BCUT2D eigenvalue weighted by Crippen LogP contribution is 2.38. The van der Waals surface area contributed by atoms with E-state index >= 15 is 0 Å². The molecule has 0 saturated heterocycles. The smallest absolute Gasteiger partial charge is 0.203 e. The van der Waals surface area contributed by atoms with Crippen molar-refractivity contribution in [2.24, 2.45) is 0 Å². The molecule has 1 aromatic carbocycles. The van der Waals surface area contributed by atoms with Gasteiger partial charge in [0, 0.05) is 6.04 Å². The van der Waals surface area contributed by atoms with E-state index in [2.05, 4.69) is 25.2 Å². The van der Waals surface area contributed by atoms with Crippen LogP contribution in [-0.4, -0.2) is 34.4 Å². The lowest BCUT2D eigenvalue weighted by atomic mass is 10.1. The number of ether oxygens (including phenoxy) is 3. The molecular weight excluding hydrogens is 242 g/mol. The van der Waals surface area contributed by atoms with Crippen molar-refractivity contribution < 1.29 is 14.2 Å². The summed E-state index contributed by atoms with van der Waals surface area (Å²) in [6, 6.07) is 4.19. The summed E-state index contributed by atoms with van der Waals surface area (Å²) in [7, 11) is 6.78. The molecule has 0 radical (unpaired) electrons. The van der Waals surface area contributed by atoms with Gasteiger partial charge in [-0.2, -0.15) is 0 Å². The first-order valence-electron chi connectivity index (χ1n) is 6.22. The summed E-state index contributed by atoms with van der Waals surface area (Å²) in [4.78, 5) is 0. The number of rotatable bonds is 6. The third kappa shape index (κ3) is 3.64. The predicted molar refractivity (Wildman–Crippen MR) is 78.3 cm³/mol. The SMILES string of the molecule is CNC(C)/C(C)=C/c1cc(OC)c(OC)c(OC)c1. The molecule has 1 atom stereocenters. The van der Waals surface area contributed by atoms with Crippen molar-refractivity contribution in [2.45, 2.75) is 19.9 Å². The van der Waals surface area contributed by atoms with E-state index in [0.717, 1.165) is 5.56 Å². The van der Waals surface area contributed by atoms with Gasteiger partial charge in [0.25, 0.3) is 0 Å². The Morgan fingerprint density at radius 3 is 2.00 bits per heavy atom. The van der Waals surface area contributed by atoms with E-state index in [0.29, 0.717) is 23.3 Å². The number of likely N-dealkylation sites (N-methyl/N-ethyl adjacent to an activating group) is 1. The molecule has 0 spiro atoms. The van der Waals surface area contributed by atoms with Crippen molar-refractivity contribution in [3.63, 3.8) is 0 Å². The first-order chi connectivity index (χ1) is 9.07. The van der Waals surface area contributed by atoms with Gasteiger partial charge < -0.3 is 19.5 Å². The lowest BCUT2D eigenvalue weighted by molar-refractivity contribution is 0.324. The van der Waals surface area contributed by atoms with E-state index in [1.807, 2.05) is 19.2 Å². The van der Waals surface area contributed by atoms with Gasteiger partial charge in [-0.3, -0.25) is 0 Å². The third-order valence-electron chi connectivity index (χ3n) is 3.20. The molecule has 1 unspecified atom stereocenters. The second-order valence-electron chi connectivity index (χ2n) is 4.36. The summed E-state index contributed by atoms with van der Waals surface area (Å²) in [6.45, 7) is 4.20. The summed E-state index contributed by atoms with van der Waals surface area (Å²) < 4.78 is 16.0. The van der Waals surface area contributed by atoms with Crippen LogP contribution in [0.15, 0.2) is 17.7 Å². The number of methoxy groups -OCH3 is 3. The van der Waals surface area contributed by atoms with Crippen LogP contribution < -0.4 is 19.5 Å². The molecule has 0 aliphatic heterocycles. The first-order valence-corrected chi connectivity index (χ1v) is 6.22. The molecule has 1 N–H and O–H groups in total. The van der Waals surface area contributed by atoms with E-state index in [9.17, 15) is 0 Å². The number of benzene rings is 1. The predicted octanol–water partition coefficient (Wildman–Crippen LogP) is 2.72. The maximum atomic E-state index is 5.34. The highest BCUT2D eigenvalue weighted by atomic mass is 16.5. The van der Waals surface area contributed by atoms with Crippen LogP contribution in [0.25, 0.3) is 6.08 Å². The van der Waals surface area contributed by atoms with E-state index in [-0.39, 0.29) is 0 Å². The topological polar surface area (TPSA) is 39.7 Å². The average Bonchev–Trinajstić information content (AvgIpc) is 2.44. The summed E-state index contributed by atoms with van der Waals surface area (Å²) in [5.74, 6) is 1.94. The molecule has 0 aliphatic rings. The van der Waals surface area contributed by atoms with Gasteiger partial charge in [0.15, 0.2) is 11.5 Å². The van der Waals surface area contributed by atoms with Crippen molar-refractivity contribution in [1.82, 2.24) is 5.32 Å². The van der Waals surface area contributed by atoms with Crippen LogP contribution in [0.1, 0.15) is 19.4 Å². The minimum Gasteiger partial charge on any atom is -0.493 e. The fraction of sp³-hybridized carbons (Fsp3) is 0.467. The van der Waals surface area contributed by atoms with Gasteiger partial charge in [-0.25, -0.2) is 0 Å². The maximum Gasteiger partial charge on any atom is 0.203 e. The molecule has 1 rings (SSSR count). The van der Waals surface area contributed by atoms with E-state index in [1.54, 1.807) is 21.3 Å².